The van der Waals surface area contributed by atoms with Gasteiger partial charge in [0.2, 0.25) is 0 Å². The van der Waals surface area contributed by atoms with Crippen molar-refractivity contribution < 1.29 is 23.8 Å². The molecule has 1 unspecified atom stereocenters. The molecular formula is C30H28Cl2FNO4. The van der Waals surface area contributed by atoms with E-state index in [1.54, 1.807) is 12.1 Å². The Balaban J connectivity index is 1.85. The lowest BCUT2D eigenvalue weighted by molar-refractivity contribution is -0.139. The number of carbonyl (C=O) groups excluding carboxylic acids is 2. The number of carbonyl (C=O) groups is 2. The number of rotatable bonds is 6. The lowest BCUT2D eigenvalue weighted by Gasteiger charge is -2.27. The van der Waals surface area contributed by atoms with E-state index in [1.807, 2.05) is 24.3 Å². The van der Waals surface area contributed by atoms with Gasteiger partial charge in [0, 0.05) is 11.6 Å². The van der Waals surface area contributed by atoms with E-state index in [-0.39, 0.29) is 44.7 Å². The number of halogens is 3. The lowest BCUT2D eigenvalue weighted by atomic mass is 9.85. The first-order valence-corrected chi connectivity index (χ1v) is 12.8. The van der Waals surface area contributed by atoms with E-state index in [1.165, 1.54) is 36.3 Å². The molecule has 4 rings (SSSR count). The van der Waals surface area contributed by atoms with Gasteiger partial charge in [0.15, 0.2) is 0 Å². The van der Waals surface area contributed by atoms with E-state index in [0.717, 1.165) is 11.1 Å². The van der Waals surface area contributed by atoms with E-state index in [0.29, 0.717) is 12.0 Å². The van der Waals surface area contributed by atoms with Crippen molar-refractivity contribution in [2.75, 3.05) is 13.7 Å². The number of benzene rings is 3. The van der Waals surface area contributed by atoms with Gasteiger partial charge in [-0.15, -0.1) is 0 Å². The highest BCUT2D eigenvalue weighted by Gasteiger charge is 2.46. The molecule has 0 spiro atoms. The fraction of sp³-hybridized carbons (Fsp3) is 0.267. The molecule has 3 aromatic carbocycles. The lowest BCUT2D eigenvalue weighted by Crippen LogP contribution is -2.31. The molecule has 0 saturated carbocycles. The molecule has 0 aliphatic carbocycles. The Kier molecular flexibility index (Phi) is 7.86. The Labute approximate surface area is 231 Å². The van der Waals surface area contributed by atoms with Crippen LogP contribution in [0, 0.1) is 5.82 Å². The molecular weight excluding hydrogens is 528 g/mol. The fourth-order valence-corrected chi connectivity index (χ4v) is 5.18. The van der Waals surface area contributed by atoms with Gasteiger partial charge in [0.1, 0.15) is 17.3 Å². The normalized spacial score (nSPS) is 17.2. The van der Waals surface area contributed by atoms with Crippen LogP contribution in [0.15, 0.2) is 66.2 Å². The van der Waals surface area contributed by atoms with Crippen LogP contribution in [0.25, 0.3) is 5.76 Å². The van der Waals surface area contributed by atoms with Crippen LogP contribution in [0.5, 0.6) is 5.75 Å². The number of hydrogen-bond acceptors (Lipinski definition) is 4. The molecule has 3 aromatic rings. The highest BCUT2D eigenvalue weighted by Crippen LogP contribution is 2.43. The van der Waals surface area contributed by atoms with Crippen LogP contribution in [0.1, 0.15) is 49.1 Å². The first-order chi connectivity index (χ1) is 17.9. The molecule has 0 bridgehead atoms. The van der Waals surface area contributed by atoms with Crippen molar-refractivity contribution in [1.29, 1.82) is 0 Å². The molecule has 198 valence electrons. The van der Waals surface area contributed by atoms with Crippen LogP contribution in [-0.2, 0) is 21.4 Å². The summed E-state index contributed by atoms with van der Waals surface area (Å²) in [4.78, 5) is 28.1. The number of amides is 1. The van der Waals surface area contributed by atoms with Crippen LogP contribution < -0.4 is 4.74 Å². The average molecular weight is 556 g/mol. The molecule has 38 heavy (non-hydrogen) atoms. The molecule has 0 aromatic heterocycles. The largest absolute Gasteiger partial charge is 0.507 e. The predicted molar refractivity (Wildman–Crippen MR) is 147 cm³/mol. The van der Waals surface area contributed by atoms with E-state index < -0.39 is 23.5 Å². The van der Waals surface area contributed by atoms with Crippen LogP contribution in [-0.4, -0.2) is 35.4 Å². The van der Waals surface area contributed by atoms with Crippen molar-refractivity contribution in [1.82, 2.24) is 4.90 Å². The monoisotopic (exact) mass is 555 g/mol. The summed E-state index contributed by atoms with van der Waals surface area (Å²) >= 11 is 12.5. The molecule has 8 heteroatoms. The van der Waals surface area contributed by atoms with Crippen molar-refractivity contribution in [3.05, 3.63) is 104 Å². The molecule has 1 atom stereocenters. The van der Waals surface area contributed by atoms with Crippen LogP contribution in [0.2, 0.25) is 10.0 Å². The quantitative estimate of drug-likeness (QED) is 0.200. The number of aliphatic hydroxyl groups is 1. The predicted octanol–water partition coefficient (Wildman–Crippen LogP) is 7.10. The van der Waals surface area contributed by atoms with E-state index in [4.69, 9.17) is 27.9 Å². The number of ketones is 1. The van der Waals surface area contributed by atoms with Gasteiger partial charge in [0.25, 0.3) is 11.7 Å². The first-order valence-electron chi connectivity index (χ1n) is 12.1. The van der Waals surface area contributed by atoms with Crippen molar-refractivity contribution in [3.8, 4) is 5.75 Å². The molecule has 1 aliphatic rings. The third kappa shape index (κ3) is 5.42. The van der Waals surface area contributed by atoms with Crippen LogP contribution >= 0.6 is 23.2 Å². The zero-order chi connectivity index (χ0) is 27.8. The molecule has 1 fully saturated rings. The number of nitrogens with zero attached hydrogens (tertiary/aromatic N) is 1. The number of likely N-dealkylation sites (tertiary alicyclic amines) is 1. The van der Waals surface area contributed by atoms with Gasteiger partial charge >= 0.3 is 0 Å². The number of Topliss-reactive ketones (excluding diaryl/α,β-unsaturated/α-hetero) is 1. The number of hydrogen-bond donors (Lipinski definition) is 1. The van der Waals surface area contributed by atoms with Gasteiger partial charge < -0.3 is 14.7 Å². The van der Waals surface area contributed by atoms with Crippen LogP contribution in [0.3, 0.4) is 0 Å². The molecule has 0 radical (unpaired) electrons. The topological polar surface area (TPSA) is 66.8 Å². The van der Waals surface area contributed by atoms with E-state index >= 15 is 0 Å². The molecule has 1 amide bonds. The van der Waals surface area contributed by atoms with Gasteiger partial charge in [-0.3, -0.25) is 9.59 Å². The smallest absolute Gasteiger partial charge is 0.295 e. The van der Waals surface area contributed by atoms with Gasteiger partial charge in [-0.1, -0.05) is 80.4 Å². The van der Waals surface area contributed by atoms with Crippen molar-refractivity contribution in [3.63, 3.8) is 0 Å². The number of ether oxygens (including phenoxy) is 1. The second kappa shape index (κ2) is 10.8. The maximum atomic E-state index is 13.4. The third-order valence-corrected chi connectivity index (χ3v) is 7.15. The minimum Gasteiger partial charge on any atom is -0.507 e. The van der Waals surface area contributed by atoms with Crippen molar-refractivity contribution >= 4 is 40.7 Å². The fourth-order valence-electron chi connectivity index (χ4n) is 4.61. The van der Waals surface area contributed by atoms with Crippen LogP contribution in [0.4, 0.5) is 4.39 Å². The minimum atomic E-state index is -0.869. The highest BCUT2D eigenvalue weighted by molar-refractivity contribution is 6.46. The van der Waals surface area contributed by atoms with Gasteiger partial charge in [-0.05, 0) is 52.8 Å². The SMILES string of the molecule is COc1c(Cl)cc(Cl)cc1/C(O)=C1\C(=O)C(=O)N(CCc2ccc(F)cc2)C1c1ccc(C(C)(C)C)cc1. The summed E-state index contributed by atoms with van der Waals surface area (Å²) in [5.74, 6) is -2.23. The summed E-state index contributed by atoms with van der Waals surface area (Å²) in [6.45, 7) is 6.44. The minimum absolute atomic E-state index is 0.0887. The van der Waals surface area contributed by atoms with Crippen molar-refractivity contribution in [2.24, 2.45) is 0 Å². The summed E-state index contributed by atoms with van der Waals surface area (Å²) in [6, 6.07) is 15.6. The molecule has 1 heterocycles. The summed E-state index contributed by atoms with van der Waals surface area (Å²) < 4.78 is 18.8. The molecule has 5 nitrogen and oxygen atoms in total. The summed E-state index contributed by atoms with van der Waals surface area (Å²) in [5, 5.41) is 11.8. The second-order valence-electron chi connectivity index (χ2n) is 10.2. The standard InChI is InChI=1S/C30H28Cl2FNO4/c1-30(2,3)19-9-7-18(8-10-19)25-24(26(35)22-15-20(31)16-23(32)28(22)38-4)27(36)29(37)34(25)14-13-17-5-11-21(33)12-6-17/h5-12,15-16,25,35H,13-14H2,1-4H3/b26-24+. The Morgan fingerprint density at radius 3 is 2.24 bits per heavy atom. The van der Waals surface area contributed by atoms with E-state index in [2.05, 4.69) is 20.8 Å². The zero-order valence-electron chi connectivity index (χ0n) is 21.5. The Morgan fingerprint density at radius 1 is 1.03 bits per heavy atom. The van der Waals surface area contributed by atoms with Gasteiger partial charge in [0.05, 0.1) is 29.3 Å². The highest BCUT2D eigenvalue weighted by atomic mass is 35.5. The molecule has 1 N–H and O–H groups in total. The number of methoxy groups -OCH3 is 1. The Morgan fingerprint density at radius 2 is 1.66 bits per heavy atom. The summed E-state index contributed by atoms with van der Waals surface area (Å²) in [7, 11) is 1.38. The second-order valence-corrected chi connectivity index (χ2v) is 11.1. The van der Waals surface area contributed by atoms with E-state index in [9.17, 15) is 19.1 Å². The van der Waals surface area contributed by atoms with Crippen molar-refractivity contribution in [2.45, 2.75) is 38.6 Å². The zero-order valence-corrected chi connectivity index (χ0v) is 23.0. The van der Waals surface area contributed by atoms with Gasteiger partial charge in [-0.2, -0.15) is 0 Å². The third-order valence-electron chi connectivity index (χ3n) is 6.65. The number of aliphatic hydroxyl groups excluding tert-OH is 1. The first kappa shape index (κ1) is 27.7. The average Bonchev–Trinajstić information content (AvgIpc) is 3.12. The molecule has 1 aliphatic heterocycles. The Hall–Kier alpha value is -3.35. The summed E-state index contributed by atoms with van der Waals surface area (Å²) in [5.41, 5.74) is 2.46. The van der Waals surface area contributed by atoms with Gasteiger partial charge in [-0.25, -0.2) is 4.39 Å². The maximum Gasteiger partial charge on any atom is 0.295 e. The maximum absolute atomic E-state index is 13.4. The molecule has 1 saturated heterocycles. The summed E-state index contributed by atoms with van der Waals surface area (Å²) in [6.07, 6.45) is 0.385. The Bertz CT molecular complexity index is 1410.